The molecular weight excluding hydrogens is 326 g/mol. The van der Waals surface area contributed by atoms with Crippen LogP contribution >= 0.6 is 0 Å². The van der Waals surface area contributed by atoms with E-state index in [9.17, 15) is 0 Å². The van der Waals surface area contributed by atoms with E-state index in [1.807, 2.05) is 37.4 Å². The van der Waals surface area contributed by atoms with Gasteiger partial charge in [0.15, 0.2) is 0 Å². The molecule has 26 heavy (non-hydrogen) atoms. The van der Waals surface area contributed by atoms with Crippen LogP contribution in [0.1, 0.15) is 5.56 Å². The second-order valence-corrected chi connectivity index (χ2v) is 5.37. The number of ether oxygens (including phenoxy) is 1. The number of hydrogen-bond donors (Lipinski definition) is 3. The minimum atomic E-state index is 0.403. The third-order valence-electron chi connectivity index (χ3n) is 3.71. The van der Waals surface area contributed by atoms with Gasteiger partial charge in [-0.3, -0.25) is 10.2 Å². The molecule has 0 saturated heterocycles. The normalized spacial score (nSPS) is 9.46. The van der Waals surface area contributed by atoms with Gasteiger partial charge in [-0.2, -0.15) is 0 Å². The molecular formula is C21H23N3O2. The molecule has 0 bridgehead atoms. The van der Waals surface area contributed by atoms with Crippen molar-refractivity contribution in [1.82, 2.24) is 5.43 Å². The van der Waals surface area contributed by atoms with Crippen LogP contribution in [0.25, 0.3) is 11.1 Å². The molecule has 3 aromatic rings. The summed E-state index contributed by atoms with van der Waals surface area (Å²) in [7, 11) is 1.92. The van der Waals surface area contributed by atoms with E-state index < -0.39 is 0 Å². The Morgan fingerprint density at radius 3 is 2.08 bits per heavy atom. The van der Waals surface area contributed by atoms with Gasteiger partial charge in [-0.05, 0) is 29.3 Å². The van der Waals surface area contributed by atoms with Crippen LogP contribution in [-0.4, -0.2) is 13.5 Å². The zero-order valence-corrected chi connectivity index (χ0v) is 14.7. The standard InChI is InChI=1S/C20H19NO.CH4N2O/c1-21-20-10-6-5-9-18(20)15-22-19-13-11-17(12-14-19)16-7-3-2-4-8-16;2-3-1-4/h2-14,21H,15H2,1H3;1H,2H2,(H,3,4). The zero-order valence-electron chi connectivity index (χ0n) is 14.7. The Labute approximate surface area is 153 Å². The highest BCUT2D eigenvalue weighted by Crippen LogP contribution is 2.23. The summed E-state index contributed by atoms with van der Waals surface area (Å²) in [6.45, 7) is 0.557. The summed E-state index contributed by atoms with van der Waals surface area (Å²) < 4.78 is 5.89. The molecule has 1 amide bonds. The predicted molar refractivity (Wildman–Crippen MR) is 106 cm³/mol. The Kier molecular flexibility index (Phi) is 7.71. The van der Waals surface area contributed by atoms with Crippen molar-refractivity contribution < 1.29 is 9.53 Å². The first-order valence-corrected chi connectivity index (χ1v) is 8.22. The Morgan fingerprint density at radius 1 is 0.885 bits per heavy atom. The van der Waals surface area contributed by atoms with Crippen LogP contribution in [0.5, 0.6) is 5.75 Å². The van der Waals surface area contributed by atoms with E-state index in [4.69, 9.17) is 9.53 Å². The van der Waals surface area contributed by atoms with E-state index in [0.29, 0.717) is 13.0 Å². The lowest BCUT2D eigenvalue weighted by atomic mass is 10.1. The van der Waals surface area contributed by atoms with Gasteiger partial charge in [0.05, 0.1) is 0 Å². The topological polar surface area (TPSA) is 76.4 Å². The maximum absolute atomic E-state index is 8.94. The SMILES string of the molecule is CNc1ccccc1COc1ccc(-c2ccccc2)cc1.NNC=O. The van der Waals surface area contributed by atoms with Crippen molar-refractivity contribution in [3.8, 4) is 16.9 Å². The van der Waals surface area contributed by atoms with Crippen molar-refractivity contribution in [3.63, 3.8) is 0 Å². The number of nitrogens with two attached hydrogens (primary N) is 1. The molecule has 0 heterocycles. The lowest BCUT2D eigenvalue weighted by Crippen LogP contribution is -2.18. The average molecular weight is 349 g/mol. The molecule has 0 fully saturated rings. The van der Waals surface area contributed by atoms with Gasteiger partial charge in [0.25, 0.3) is 0 Å². The van der Waals surface area contributed by atoms with Crippen molar-refractivity contribution in [2.45, 2.75) is 6.61 Å². The van der Waals surface area contributed by atoms with Gasteiger partial charge in [-0.25, -0.2) is 5.84 Å². The van der Waals surface area contributed by atoms with E-state index in [2.05, 4.69) is 59.7 Å². The third kappa shape index (κ3) is 5.65. The van der Waals surface area contributed by atoms with Gasteiger partial charge in [-0.15, -0.1) is 0 Å². The number of nitrogens with one attached hydrogen (secondary N) is 2. The summed E-state index contributed by atoms with van der Waals surface area (Å²) in [6.07, 6.45) is 0.403. The van der Waals surface area contributed by atoms with Gasteiger partial charge in [0.2, 0.25) is 6.41 Å². The molecule has 0 unspecified atom stereocenters. The first-order valence-electron chi connectivity index (χ1n) is 8.22. The largest absolute Gasteiger partial charge is 0.489 e. The van der Waals surface area contributed by atoms with E-state index in [1.165, 1.54) is 11.1 Å². The monoisotopic (exact) mass is 349 g/mol. The summed E-state index contributed by atoms with van der Waals surface area (Å²) in [5.41, 5.74) is 6.42. The second kappa shape index (κ2) is 10.5. The van der Waals surface area contributed by atoms with Crippen LogP contribution in [-0.2, 0) is 11.4 Å². The maximum atomic E-state index is 8.94. The quantitative estimate of drug-likeness (QED) is 0.275. The fourth-order valence-corrected chi connectivity index (χ4v) is 2.43. The number of carbonyl (C=O) groups excluding carboxylic acids is 1. The van der Waals surface area contributed by atoms with Gasteiger partial charge < -0.3 is 10.1 Å². The third-order valence-corrected chi connectivity index (χ3v) is 3.71. The van der Waals surface area contributed by atoms with Crippen LogP contribution in [0, 0.1) is 0 Å². The predicted octanol–water partition coefficient (Wildman–Crippen LogP) is 3.58. The molecule has 3 aromatic carbocycles. The molecule has 0 aromatic heterocycles. The Bertz CT molecular complexity index is 790. The van der Waals surface area contributed by atoms with Gasteiger partial charge in [-0.1, -0.05) is 60.7 Å². The number of amides is 1. The molecule has 0 spiro atoms. The molecule has 5 nitrogen and oxygen atoms in total. The lowest BCUT2D eigenvalue weighted by molar-refractivity contribution is -0.109. The minimum absolute atomic E-state index is 0.403. The van der Waals surface area contributed by atoms with E-state index in [-0.39, 0.29) is 0 Å². The molecule has 0 aliphatic rings. The van der Waals surface area contributed by atoms with Crippen LogP contribution in [0.4, 0.5) is 5.69 Å². The lowest BCUT2D eigenvalue weighted by Gasteiger charge is -2.11. The molecule has 0 saturated carbocycles. The highest BCUT2D eigenvalue weighted by molar-refractivity contribution is 5.63. The molecule has 4 N–H and O–H groups in total. The minimum Gasteiger partial charge on any atom is -0.489 e. The first-order chi connectivity index (χ1) is 12.8. The van der Waals surface area contributed by atoms with Crippen LogP contribution < -0.4 is 21.3 Å². The Hall–Kier alpha value is -3.31. The van der Waals surface area contributed by atoms with Gasteiger partial charge in [0, 0.05) is 18.3 Å². The highest BCUT2D eigenvalue weighted by Gasteiger charge is 2.02. The zero-order chi connectivity index (χ0) is 18.6. The van der Waals surface area contributed by atoms with Crippen LogP contribution in [0.3, 0.4) is 0 Å². The van der Waals surface area contributed by atoms with Gasteiger partial charge >= 0.3 is 0 Å². The van der Waals surface area contributed by atoms with Gasteiger partial charge in [0.1, 0.15) is 12.4 Å². The van der Waals surface area contributed by atoms with Crippen molar-refractivity contribution in [3.05, 3.63) is 84.4 Å². The molecule has 0 aliphatic heterocycles. The fraction of sp³-hybridized carbons (Fsp3) is 0.0952. The highest BCUT2D eigenvalue weighted by atomic mass is 16.5. The first kappa shape index (κ1) is 19.0. The number of hydrogen-bond acceptors (Lipinski definition) is 4. The smallest absolute Gasteiger partial charge is 0.221 e. The average Bonchev–Trinajstić information content (AvgIpc) is 2.73. The molecule has 0 radical (unpaired) electrons. The summed E-state index contributed by atoms with van der Waals surface area (Å²) >= 11 is 0. The Morgan fingerprint density at radius 2 is 1.46 bits per heavy atom. The summed E-state index contributed by atoms with van der Waals surface area (Å²) in [5, 5.41) is 3.18. The van der Waals surface area contributed by atoms with E-state index in [0.717, 1.165) is 17.0 Å². The molecule has 0 atom stereocenters. The molecule has 3 rings (SSSR count). The number of hydrazine groups is 1. The Balaban J connectivity index is 0.000000552. The number of carbonyl (C=O) groups is 1. The number of benzene rings is 3. The molecule has 134 valence electrons. The number of para-hydroxylation sites is 1. The van der Waals surface area contributed by atoms with Crippen LogP contribution in [0.15, 0.2) is 78.9 Å². The molecule has 5 heteroatoms. The summed E-state index contributed by atoms with van der Waals surface area (Å²) in [5.74, 6) is 5.29. The van der Waals surface area contributed by atoms with E-state index in [1.54, 1.807) is 5.43 Å². The van der Waals surface area contributed by atoms with Crippen molar-refractivity contribution in [1.29, 1.82) is 0 Å². The van der Waals surface area contributed by atoms with E-state index >= 15 is 0 Å². The maximum Gasteiger partial charge on any atom is 0.221 e. The molecule has 0 aliphatic carbocycles. The second-order valence-electron chi connectivity index (χ2n) is 5.37. The number of anilines is 1. The fourth-order valence-electron chi connectivity index (χ4n) is 2.43. The summed E-state index contributed by atoms with van der Waals surface area (Å²) in [4.78, 5) is 8.94. The van der Waals surface area contributed by atoms with Crippen molar-refractivity contribution >= 4 is 12.1 Å². The van der Waals surface area contributed by atoms with Crippen molar-refractivity contribution in [2.24, 2.45) is 5.84 Å². The van der Waals surface area contributed by atoms with Crippen molar-refractivity contribution in [2.75, 3.05) is 12.4 Å². The number of rotatable bonds is 6. The summed E-state index contributed by atoms with van der Waals surface area (Å²) in [6, 6.07) is 26.7. The van der Waals surface area contributed by atoms with Crippen LogP contribution in [0.2, 0.25) is 0 Å².